The van der Waals surface area contributed by atoms with E-state index in [1.807, 2.05) is 44.2 Å². The summed E-state index contributed by atoms with van der Waals surface area (Å²) in [6.45, 7) is 3.94. The zero-order valence-electron chi connectivity index (χ0n) is 21.2. The number of nitrogens with one attached hydrogen (secondary N) is 1. The van der Waals surface area contributed by atoms with Gasteiger partial charge in [0.25, 0.3) is 0 Å². The van der Waals surface area contributed by atoms with Crippen molar-refractivity contribution >= 4 is 58.4 Å². The number of nitrogens with zero attached hydrogens (tertiary/aromatic N) is 1. The molecular formula is C29H30Cl3FN2O2S. The van der Waals surface area contributed by atoms with Gasteiger partial charge in [0.15, 0.2) is 0 Å². The molecule has 0 bridgehead atoms. The highest BCUT2D eigenvalue weighted by molar-refractivity contribution is 7.99. The van der Waals surface area contributed by atoms with Crippen LogP contribution in [-0.2, 0) is 28.3 Å². The van der Waals surface area contributed by atoms with E-state index in [4.69, 9.17) is 34.8 Å². The van der Waals surface area contributed by atoms with Gasteiger partial charge < -0.3 is 10.2 Å². The number of hydrogen-bond donors (Lipinski definition) is 1. The molecule has 202 valence electrons. The summed E-state index contributed by atoms with van der Waals surface area (Å²) < 4.78 is 14.3. The van der Waals surface area contributed by atoms with Gasteiger partial charge in [-0.1, -0.05) is 84.2 Å². The van der Waals surface area contributed by atoms with E-state index in [0.29, 0.717) is 32.6 Å². The summed E-state index contributed by atoms with van der Waals surface area (Å²) in [6.07, 6.45) is 1.05. The number of benzene rings is 3. The average molecular weight is 596 g/mol. The Labute approximate surface area is 242 Å². The van der Waals surface area contributed by atoms with Crippen LogP contribution in [0.25, 0.3) is 0 Å². The van der Waals surface area contributed by atoms with Crippen LogP contribution < -0.4 is 5.32 Å². The third-order valence-corrected chi connectivity index (χ3v) is 8.20. The second-order valence-corrected chi connectivity index (χ2v) is 11.1. The lowest BCUT2D eigenvalue weighted by Crippen LogP contribution is -2.52. The molecule has 0 heterocycles. The van der Waals surface area contributed by atoms with Gasteiger partial charge >= 0.3 is 0 Å². The molecule has 0 radical (unpaired) electrons. The molecule has 1 N–H and O–H groups in total. The second-order valence-electron chi connectivity index (χ2n) is 8.94. The molecule has 0 fully saturated rings. The number of carbonyl (C=O) groups is 2. The van der Waals surface area contributed by atoms with Gasteiger partial charge in [-0.2, -0.15) is 0 Å². The van der Waals surface area contributed by atoms with Crippen molar-refractivity contribution in [3.05, 3.63) is 104 Å². The predicted molar refractivity (Wildman–Crippen MR) is 156 cm³/mol. The lowest BCUT2D eigenvalue weighted by molar-refractivity contribution is -0.139. The molecule has 0 unspecified atom stereocenters. The highest BCUT2D eigenvalue weighted by Crippen LogP contribution is 2.29. The van der Waals surface area contributed by atoms with Crippen molar-refractivity contribution in [1.82, 2.24) is 10.2 Å². The zero-order chi connectivity index (χ0) is 27.7. The minimum atomic E-state index is -0.816. The fraction of sp³-hybridized carbons (Fsp3) is 0.310. The monoisotopic (exact) mass is 594 g/mol. The van der Waals surface area contributed by atoms with Crippen LogP contribution in [-0.4, -0.2) is 34.6 Å². The molecule has 2 amide bonds. The maximum atomic E-state index is 14.3. The van der Waals surface area contributed by atoms with Crippen molar-refractivity contribution in [2.45, 2.75) is 51.1 Å². The lowest BCUT2D eigenvalue weighted by atomic mass is 10.0. The third-order valence-electron chi connectivity index (χ3n) is 6.20. The van der Waals surface area contributed by atoms with Gasteiger partial charge in [-0.15, -0.1) is 11.8 Å². The summed E-state index contributed by atoms with van der Waals surface area (Å²) in [4.78, 5) is 28.8. The molecule has 9 heteroatoms. The summed E-state index contributed by atoms with van der Waals surface area (Å²) in [5.74, 6) is -0.762. The highest BCUT2D eigenvalue weighted by Gasteiger charge is 2.31. The van der Waals surface area contributed by atoms with Crippen molar-refractivity contribution in [3.8, 4) is 0 Å². The van der Waals surface area contributed by atoms with Crippen molar-refractivity contribution in [2.75, 3.05) is 5.75 Å². The molecule has 3 rings (SSSR count). The molecule has 0 aliphatic heterocycles. The van der Waals surface area contributed by atoms with Crippen molar-refractivity contribution in [3.63, 3.8) is 0 Å². The van der Waals surface area contributed by atoms with E-state index in [9.17, 15) is 14.0 Å². The quantitative estimate of drug-likeness (QED) is 0.235. The Morgan fingerprint density at radius 1 is 0.921 bits per heavy atom. The maximum absolute atomic E-state index is 14.3. The van der Waals surface area contributed by atoms with E-state index in [2.05, 4.69) is 5.32 Å². The van der Waals surface area contributed by atoms with Crippen LogP contribution in [0.1, 0.15) is 37.0 Å². The zero-order valence-corrected chi connectivity index (χ0v) is 24.3. The minimum absolute atomic E-state index is 0.00857. The van der Waals surface area contributed by atoms with Gasteiger partial charge in [0, 0.05) is 51.0 Å². The summed E-state index contributed by atoms with van der Waals surface area (Å²) in [7, 11) is 0. The SMILES string of the molecule is CC[C@H](C)NC(=O)[C@@H](Cc1ccccc1)N(Cc1c(Cl)cccc1Cl)C(=O)CSCc1c(F)cccc1Cl. The largest absolute Gasteiger partial charge is 0.352 e. The Hall–Kier alpha value is -2.25. The van der Waals surface area contributed by atoms with Crippen LogP contribution in [0.4, 0.5) is 4.39 Å². The van der Waals surface area contributed by atoms with Gasteiger partial charge in [0.1, 0.15) is 11.9 Å². The van der Waals surface area contributed by atoms with Crippen molar-refractivity contribution in [2.24, 2.45) is 0 Å². The van der Waals surface area contributed by atoms with Gasteiger partial charge in [0.05, 0.1) is 5.75 Å². The summed E-state index contributed by atoms with van der Waals surface area (Å²) in [5.41, 5.74) is 1.80. The standard InChI is InChI=1S/C29H30Cl3FN2O2S/c1-3-19(2)34-29(37)27(15-20-9-5-4-6-10-20)35(16-21-23(30)11-7-12-24(21)31)28(36)18-38-17-22-25(32)13-8-14-26(22)33/h4-14,19,27H,3,15-18H2,1-2H3,(H,34,37)/t19-,27+/m0/s1. The number of halogens is 4. The van der Waals surface area contributed by atoms with E-state index in [-0.39, 0.29) is 35.9 Å². The first-order valence-corrected chi connectivity index (χ1v) is 14.6. The molecule has 3 aromatic rings. The second kappa shape index (κ2) is 14.8. The average Bonchev–Trinajstić information content (AvgIpc) is 2.89. The molecule has 0 saturated heterocycles. The van der Waals surface area contributed by atoms with Gasteiger partial charge in [0.2, 0.25) is 11.8 Å². The first kappa shape index (κ1) is 30.3. The smallest absolute Gasteiger partial charge is 0.243 e. The highest BCUT2D eigenvalue weighted by atomic mass is 35.5. The van der Waals surface area contributed by atoms with E-state index >= 15 is 0 Å². The van der Waals surface area contributed by atoms with E-state index in [1.165, 1.54) is 28.8 Å². The predicted octanol–water partition coefficient (Wildman–Crippen LogP) is 7.57. The first-order chi connectivity index (χ1) is 18.2. The molecule has 0 spiro atoms. The fourth-order valence-corrected chi connectivity index (χ4v) is 5.61. The number of rotatable bonds is 12. The van der Waals surface area contributed by atoms with Crippen LogP contribution in [0.15, 0.2) is 66.7 Å². The van der Waals surface area contributed by atoms with E-state index < -0.39 is 11.9 Å². The summed E-state index contributed by atoms with van der Waals surface area (Å²) in [5, 5.41) is 4.14. The maximum Gasteiger partial charge on any atom is 0.243 e. The van der Waals surface area contributed by atoms with Gasteiger partial charge in [-0.05, 0) is 43.2 Å². The Kier molecular flexibility index (Phi) is 11.8. The number of hydrogen-bond acceptors (Lipinski definition) is 3. The normalized spacial score (nSPS) is 12.6. The number of thioether (sulfide) groups is 1. The van der Waals surface area contributed by atoms with Crippen LogP contribution in [0.2, 0.25) is 15.1 Å². The molecule has 0 saturated carbocycles. The Morgan fingerprint density at radius 3 is 2.13 bits per heavy atom. The Balaban J connectivity index is 1.92. The summed E-state index contributed by atoms with van der Waals surface area (Å²) >= 11 is 20.3. The lowest BCUT2D eigenvalue weighted by Gasteiger charge is -2.32. The molecule has 0 aromatic heterocycles. The first-order valence-electron chi connectivity index (χ1n) is 12.3. The van der Waals surface area contributed by atoms with Crippen LogP contribution in [0.3, 0.4) is 0 Å². The van der Waals surface area contributed by atoms with Crippen molar-refractivity contribution in [1.29, 1.82) is 0 Å². The van der Waals surface area contributed by atoms with Crippen molar-refractivity contribution < 1.29 is 14.0 Å². The van der Waals surface area contributed by atoms with E-state index in [1.54, 1.807) is 24.3 Å². The van der Waals surface area contributed by atoms with Gasteiger partial charge in [-0.25, -0.2) is 4.39 Å². The molecule has 3 aromatic carbocycles. The fourth-order valence-electron chi connectivity index (χ4n) is 3.84. The third kappa shape index (κ3) is 8.37. The number of carbonyl (C=O) groups excluding carboxylic acids is 2. The van der Waals surface area contributed by atoms with Crippen LogP contribution >= 0.6 is 46.6 Å². The molecule has 38 heavy (non-hydrogen) atoms. The van der Waals surface area contributed by atoms with Crippen LogP contribution in [0.5, 0.6) is 0 Å². The minimum Gasteiger partial charge on any atom is -0.352 e. The van der Waals surface area contributed by atoms with E-state index in [0.717, 1.165) is 12.0 Å². The number of amides is 2. The Bertz CT molecular complexity index is 1210. The molecule has 0 aliphatic rings. The molecule has 0 aliphatic carbocycles. The molecular weight excluding hydrogens is 566 g/mol. The van der Waals surface area contributed by atoms with Crippen LogP contribution in [0, 0.1) is 5.82 Å². The van der Waals surface area contributed by atoms with Gasteiger partial charge in [-0.3, -0.25) is 9.59 Å². The topological polar surface area (TPSA) is 49.4 Å². The molecule has 4 nitrogen and oxygen atoms in total. The Morgan fingerprint density at radius 2 is 1.53 bits per heavy atom. The molecule has 2 atom stereocenters. The summed E-state index contributed by atoms with van der Waals surface area (Å²) in [6, 6.07) is 18.3.